The van der Waals surface area contributed by atoms with Crippen LogP contribution in [0.4, 0.5) is 5.69 Å². The summed E-state index contributed by atoms with van der Waals surface area (Å²) in [7, 11) is 0. The van der Waals surface area contributed by atoms with E-state index in [2.05, 4.69) is 57.5 Å². The van der Waals surface area contributed by atoms with Crippen molar-refractivity contribution >= 4 is 22.5 Å². The minimum atomic E-state index is -0.127. The molecule has 5 nitrogen and oxygen atoms in total. The van der Waals surface area contributed by atoms with Gasteiger partial charge in [-0.1, -0.05) is 60.7 Å². The Morgan fingerprint density at radius 1 is 0.886 bits per heavy atom. The van der Waals surface area contributed by atoms with Gasteiger partial charge in [0.1, 0.15) is 12.4 Å². The molecule has 6 rings (SSSR count). The molecular weight excluding hydrogens is 434 g/mol. The first-order chi connectivity index (χ1) is 17.3. The molecule has 1 amide bonds. The minimum absolute atomic E-state index is 0.00726. The number of carbonyl (C=O) groups is 1. The molecule has 0 spiro atoms. The second-order valence-electron chi connectivity index (χ2n) is 8.85. The highest BCUT2D eigenvalue weighted by molar-refractivity contribution is 6.06. The van der Waals surface area contributed by atoms with Crippen molar-refractivity contribution in [1.82, 2.24) is 9.55 Å². The van der Waals surface area contributed by atoms with Crippen molar-refractivity contribution in [2.24, 2.45) is 0 Å². The van der Waals surface area contributed by atoms with Crippen molar-refractivity contribution in [2.75, 3.05) is 5.32 Å². The monoisotopic (exact) mass is 459 g/mol. The number of pyridine rings is 1. The molecule has 3 aromatic carbocycles. The fraction of sp³-hybridized carbons (Fsp3) is 0.133. The number of hydrogen-bond donors (Lipinski definition) is 1. The fourth-order valence-corrected chi connectivity index (χ4v) is 4.97. The second kappa shape index (κ2) is 9.11. The second-order valence-corrected chi connectivity index (χ2v) is 8.85. The number of aromatic nitrogens is 2. The lowest BCUT2D eigenvalue weighted by Crippen LogP contribution is -2.14. The third kappa shape index (κ3) is 4.17. The Labute approximate surface area is 204 Å². The molecule has 1 aliphatic heterocycles. The maximum atomic E-state index is 13.0. The molecule has 0 saturated carbocycles. The van der Waals surface area contributed by atoms with Crippen LogP contribution in [0.3, 0.4) is 0 Å². The number of nitrogens with one attached hydrogen (secondary N) is 1. The molecule has 172 valence electrons. The van der Waals surface area contributed by atoms with Crippen LogP contribution in [0, 0.1) is 0 Å². The number of ether oxygens (including phenoxy) is 1. The quantitative estimate of drug-likeness (QED) is 0.332. The van der Waals surface area contributed by atoms with Crippen LogP contribution in [-0.2, 0) is 17.9 Å². The van der Waals surface area contributed by atoms with E-state index in [1.165, 1.54) is 5.56 Å². The van der Waals surface area contributed by atoms with Gasteiger partial charge in [0.05, 0.1) is 16.9 Å². The molecule has 35 heavy (non-hydrogen) atoms. The van der Waals surface area contributed by atoms with Gasteiger partial charge >= 0.3 is 0 Å². The van der Waals surface area contributed by atoms with Crippen LogP contribution in [0.15, 0.2) is 103 Å². The van der Waals surface area contributed by atoms with Gasteiger partial charge < -0.3 is 14.6 Å². The van der Waals surface area contributed by atoms with Crippen LogP contribution in [0.1, 0.15) is 34.7 Å². The zero-order valence-corrected chi connectivity index (χ0v) is 19.2. The van der Waals surface area contributed by atoms with Crippen molar-refractivity contribution in [1.29, 1.82) is 0 Å². The zero-order chi connectivity index (χ0) is 23.6. The van der Waals surface area contributed by atoms with E-state index in [-0.39, 0.29) is 11.8 Å². The highest BCUT2D eigenvalue weighted by Crippen LogP contribution is 2.43. The summed E-state index contributed by atoms with van der Waals surface area (Å²) in [5.41, 5.74) is 6.22. The molecule has 0 unspecified atom stereocenters. The van der Waals surface area contributed by atoms with Crippen LogP contribution in [0.2, 0.25) is 0 Å². The van der Waals surface area contributed by atoms with Gasteiger partial charge in [0.25, 0.3) is 0 Å². The standard InChI is InChI=1S/C30H25N3O2/c34-29-17-24(23-12-4-5-15-28(23)35-20-22-11-6-7-16-31-22)25-19-33(18-21-9-2-1-3-10-21)27-14-8-13-26(32-29)30(25)27/h1-16,19,24H,17-18,20H2,(H,32,34)/t24-/m1/s1. The Hall–Kier alpha value is -4.38. The molecular formula is C30H25N3O2. The number of anilines is 1. The van der Waals surface area contributed by atoms with Gasteiger partial charge in [-0.15, -0.1) is 0 Å². The lowest BCUT2D eigenvalue weighted by atomic mass is 9.88. The maximum absolute atomic E-state index is 13.0. The predicted octanol–water partition coefficient (Wildman–Crippen LogP) is 6.14. The number of hydrogen-bond acceptors (Lipinski definition) is 3. The topological polar surface area (TPSA) is 56.1 Å². The van der Waals surface area contributed by atoms with Gasteiger partial charge in [-0.3, -0.25) is 9.78 Å². The number of carbonyl (C=O) groups excluding carboxylic acids is 1. The third-order valence-corrected chi connectivity index (χ3v) is 6.57. The predicted molar refractivity (Wildman–Crippen MR) is 138 cm³/mol. The normalized spacial score (nSPS) is 15.0. The maximum Gasteiger partial charge on any atom is 0.225 e. The van der Waals surface area contributed by atoms with E-state index in [0.29, 0.717) is 13.0 Å². The average Bonchev–Trinajstić information content (AvgIpc) is 3.19. The molecule has 0 fully saturated rings. The summed E-state index contributed by atoms with van der Waals surface area (Å²) < 4.78 is 8.52. The molecule has 0 aliphatic carbocycles. The van der Waals surface area contributed by atoms with E-state index in [9.17, 15) is 4.79 Å². The third-order valence-electron chi connectivity index (χ3n) is 6.57. The molecule has 1 aliphatic rings. The molecule has 3 heterocycles. The van der Waals surface area contributed by atoms with Crippen LogP contribution in [0.5, 0.6) is 5.75 Å². The average molecular weight is 460 g/mol. The van der Waals surface area contributed by atoms with Crippen LogP contribution in [0.25, 0.3) is 10.9 Å². The van der Waals surface area contributed by atoms with Gasteiger partial charge in [-0.25, -0.2) is 0 Å². The first-order valence-corrected chi connectivity index (χ1v) is 11.8. The van der Waals surface area contributed by atoms with Gasteiger partial charge in [0, 0.05) is 42.2 Å². The number of rotatable bonds is 6. The molecule has 0 saturated heterocycles. The molecule has 5 heteroatoms. The summed E-state index contributed by atoms with van der Waals surface area (Å²) in [4.78, 5) is 17.3. The highest BCUT2D eigenvalue weighted by atomic mass is 16.5. The van der Waals surface area contributed by atoms with E-state index in [1.54, 1.807) is 6.20 Å². The molecule has 0 radical (unpaired) electrons. The number of amides is 1. The number of para-hydroxylation sites is 1. The Morgan fingerprint density at radius 3 is 2.57 bits per heavy atom. The lowest BCUT2D eigenvalue weighted by molar-refractivity contribution is -0.116. The summed E-state index contributed by atoms with van der Waals surface area (Å²) in [6, 6.07) is 30.4. The molecule has 1 atom stereocenters. The van der Waals surface area contributed by atoms with Crippen molar-refractivity contribution in [3.05, 3.63) is 126 Å². The SMILES string of the molecule is O=C1C[C@H](c2ccccc2OCc2ccccn2)c2cn(Cc3ccccc3)c3cccc(c23)N1. The Morgan fingerprint density at radius 2 is 1.71 bits per heavy atom. The molecule has 2 aromatic heterocycles. The van der Waals surface area contributed by atoms with Crippen molar-refractivity contribution in [3.63, 3.8) is 0 Å². The van der Waals surface area contributed by atoms with Gasteiger partial charge in [0.2, 0.25) is 5.91 Å². The van der Waals surface area contributed by atoms with Crippen LogP contribution < -0.4 is 10.1 Å². The fourth-order valence-electron chi connectivity index (χ4n) is 4.97. The van der Waals surface area contributed by atoms with E-state index in [0.717, 1.165) is 45.7 Å². The minimum Gasteiger partial charge on any atom is -0.487 e. The Balaban J connectivity index is 1.44. The smallest absolute Gasteiger partial charge is 0.225 e. The molecule has 1 N–H and O–H groups in total. The summed E-state index contributed by atoms with van der Waals surface area (Å²) in [6.45, 7) is 1.14. The molecule has 0 bridgehead atoms. The summed E-state index contributed by atoms with van der Waals surface area (Å²) >= 11 is 0. The van der Waals surface area contributed by atoms with E-state index < -0.39 is 0 Å². The zero-order valence-electron chi connectivity index (χ0n) is 19.2. The first kappa shape index (κ1) is 21.2. The van der Waals surface area contributed by atoms with Crippen LogP contribution >= 0.6 is 0 Å². The van der Waals surface area contributed by atoms with Gasteiger partial charge in [-0.2, -0.15) is 0 Å². The van der Waals surface area contributed by atoms with Crippen molar-refractivity contribution < 1.29 is 9.53 Å². The number of nitrogens with zero attached hydrogens (tertiary/aromatic N) is 2. The lowest BCUT2D eigenvalue weighted by Gasteiger charge is -2.19. The summed E-state index contributed by atoms with van der Waals surface area (Å²) in [5, 5.41) is 4.23. The number of benzene rings is 3. The summed E-state index contributed by atoms with van der Waals surface area (Å²) in [5.74, 6) is 0.658. The van der Waals surface area contributed by atoms with Gasteiger partial charge in [-0.05, 0) is 41.5 Å². The highest BCUT2D eigenvalue weighted by Gasteiger charge is 2.29. The van der Waals surface area contributed by atoms with Crippen LogP contribution in [-0.4, -0.2) is 15.5 Å². The van der Waals surface area contributed by atoms with E-state index in [1.807, 2.05) is 54.6 Å². The molecule has 5 aromatic rings. The van der Waals surface area contributed by atoms with Gasteiger partial charge in [0.15, 0.2) is 0 Å². The Kier molecular flexibility index (Phi) is 5.51. The van der Waals surface area contributed by atoms with E-state index >= 15 is 0 Å². The first-order valence-electron chi connectivity index (χ1n) is 11.8. The van der Waals surface area contributed by atoms with E-state index in [4.69, 9.17) is 4.74 Å². The Bertz CT molecular complexity index is 1490. The largest absolute Gasteiger partial charge is 0.487 e. The van der Waals surface area contributed by atoms with Crippen molar-refractivity contribution in [3.8, 4) is 5.75 Å². The summed E-state index contributed by atoms with van der Waals surface area (Å²) in [6.07, 6.45) is 4.33. The van der Waals surface area contributed by atoms with Crippen molar-refractivity contribution in [2.45, 2.75) is 25.5 Å².